The lowest BCUT2D eigenvalue weighted by atomic mass is 9.90. The molecule has 0 aromatic carbocycles. The third kappa shape index (κ3) is 12.9. The topological polar surface area (TPSA) is 44.0 Å². The van der Waals surface area contributed by atoms with Crippen LogP contribution in [0.4, 0.5) is 0 Å². The predicted molar refractivity (Wildman–Crippen MR) is 91.0 cm³/mol. The van der Waals surface area contributed by atoms with Gasteiger partial charge >= 0.3 is 0 Å². The second kappa shape index (κ2) is 11.1. The molecule has 0 unspecified atom stereocenters. The molecule has 21 heavy (non-hydrogen) atoms. The quantitative estimate of drug-likeness (QED) is 0.469. The molecular weight excluding hydrogens is 258 g/mol. The summed E-state index contributed by atoms with van der Waals surface area (Å²) in [5.41, 5.74) is -1.13. The SMILES string of the molecule is CC(C)CCC[C@H](C)CCC[C@H](C)CCC[C@](C)(O)C#N. The molecule has 0 radical (unpaired) electrons. The second-order valence-corrected chi connectivity index (χ2v) is 7.74. The molecule has 124 valence electrons. The van der Waals surface area contributed by atoms with E-state index in [9.17, 15) is 5.11 Å². The van der Waals surface area contributed by atoms with Crippen LogP contribution < -0.4 is 0 Å². The number of aliphatic hydroxyl groups is 1. The van der Waals surface area contributed by atoms with Gasteiger partial charge in [-0.1, -0.05) is 72.6 Å². The average Bonchev–Trinajstić information content (AvgIpc) is 2.38. The molecule has 1 N–H and O–H groups in total. The van der Waals surface area contributed by atoms with Crippen molar-refractivity contribution in [3.05, 3.63) is 0 Å². The lowest BCUT2D eigenvalue weighted by molar-refractivity contribution is 0.105. The molecule has 0 heterocycles. The molecule has 0 aromatic rings. The Kier molecular flexibility index (Phi) is 10.8. The van der Waals surface area contributed by atoms with E-state index in [1.165, 1.54) is 38.5 Å². The van der Waals surface area contributed by atoms with Crippen LogP contribution in [0.2, 0.25) is 0 Å². The Labute approximate surface area is 132 Å². The van der Waals surface area contributed by atoms with Gasteiger partial charge in [0, 0.05) is 0 Å². The van der Waals surface area contributed by atoms with E-state index >= 15 is 0 Å². The number of nitrogens with zero attached hydrogens (tertiary/aromatic N) is 1. The van der Waals surface area contributed by atoms with Crippen molar-refractivity contribution in [1.82, 2.24) is 0 Å². The maximum absolute atomic E-state index is 9.65. The van der Waals surface area contributed by atoms with Crippen LogP contribution in [0.15, 0.2) is 0 Å². The molecule has 0 bridgehead atoms. The summed E-state index contributed by atoms with van der Waals surface area (Å²) in [7, 11) is 0. The molecular formula is C19H37NO. The van der Waals surface area contributed by atoms with E-state index in [4.69, 9.17) is 5.26 Å². The van der Waals surface area contributed by atoms with Crippen molar-refractivity contribution in [2.24, 2.45) is 17.8 Å². The maximum atomic E-state index is 9.65. The van der Waals surface area contributed by atoms with Crippen molar-refractivity contribution < 1.29 is 5.11 Å². The fraction of sp³-hybridized carbons (Fsp3) is 0.947. The largest absolute Gasteiger partial charge is 0.376 e. The van der Waals surface area contributed by atoms with Crippen molar-refractivity contribution in [2.75, 3.05) is 0 Å². The minimum atomic E-state index is -1.13. The van der Waals surface area contributed by atoms with E-state index in [0.29, 0.717) is 12.3 Å². The zero-order valence-electron chi connectivity index (χ0n) is 15.0. The van der Waals surface area contributed by atoms with Crippen molar-refractivity contribution in [1.29, 1.82) is 5.26 Å². The molecule has 2 nitrogen and oxygen atoms in total. The lowest BCUT2D eigenvalue weighted by Crippen LogP contribution is -2.20. The molecule has 0 aliphatic heterocycles. The van der Waals surface area contributed by atoms with E-state index in [0.717, 1.165) is 24.7 Å². The van der Waals surface area contributed by atoms with Gasteiger partial charge in [0.2, 0.25) is 0 Å². The van der Waals surface area contributed by atoms with E-state index in [1.807, 2.05) is 6.07 Å². The molecule has 0 saturated carbocycles. The number of hydrogen-bond donors (Lipinski definition) is 1. The Morgan fingerprint density at radius 3 is 1.71 bits per heavy atom. The van der Waals surface area contributed by atoms with Crippen LogP contribution in [0.25, 0.3) is 0 Å². The third-order valence-corrected chi connectivity index (χ3v) is 4.47. The summed E-state index contributed by atoms with van der Waals surface area (Å²) in [6.07, 6.45) is 10.7. The molecule has 0 rings (SSSR count). The van der Waals surface area contributed by atoms with Gasteiger partial charge in [-0.3, -0.25) is 0 Å². The van der Waals surface area contributed by atoms with Crippen LogP contribution in [0, 0.1) is 29.1 Å². The van der Waals surface area contributed by atoms with Crippen LogP contribution >= 0.6 is 0 Å². The van der Waals surface area contributed by atoms with Gasteiger partial charge in [0.05, 0.1) is 6.07 Å². The molecule has 0 aliphatic carbocycles. The Bertz CT molecular complexity index is 290. The molecule has 0 aromatic heterocycles. The van der Waals surface area contributed by atoms with Crippen LogP contribution in [0.1, 0.15) is 92.4 Å². The first-order chi connectivity index (χ1) is 9.76. The van der Waals surface area contributed by atoms with Crippen LogP contribution in [-0.2, 0) is 0 Å². The zero-order chi connectivity index (χ0) is 16.3. The molecule has 3 atom stereocenters. The van der Waals surface area contributed by atoms with Gasteiger partial charge in [-0.15, -0.1) is 0 Å². The second-order valence-electron chi connectivity index (χ2n) is 7.74. The summed E-state index contributed by atoms with van der Waals surface area (Å²) in [6.45, 7) is 10.9. The Hall–Kier alpha value is -0.550. The minimum absolute atomic E-state index is 0.597. The Morgan fingerprint density at radius 2 is 1.29 bits per heavy atom. The van der Waals surface area contributed by atoms with Crippen LogP contribution in [0.5, 0.6) is 0 Å². The summed E-state index contributed by atoms with van der Waals surface area (Å²) >= 11 is 0. The Morgan fingerprint density at radius 1 is 0.857 bits per heavy atom. The van der Waals surface area contributed by atoms with E-state index in [1.54, 1.807) is 6.92 Å². The van der Waals surface area contributed by atoms with E-state index in [2.05, 4.69) is 27.7 Å². The highest BCUT2D eigenvalue weighted by atomic mass is 16.3. The number of rotatable bonds is 12. The summed E-state index contributed by atoms with van der Waals surface area (Å²) < 4.78 is 0. The third-order valence-electron chi connectivity index (χ3n) is 4.47. The van der Waals surface area contributed by atoms with Gasteiger partial charge in [0.15, 0.2) is 0 Å². The van der Waals surface area contributed by atoms with Crippen molar-refractivity contribution in [2.45, 2.75) is 98.0 Å². The van der Waals surface area contributed by atoms with Crippen LogP contribution in [-0.4, -0.2) is 10.7 Å². The van der Waals surface area contributed by atoms with Gasteiger partial charge in [0.1, 0.15) is 5.60 Å². The smallest absolute Gasteiger partial charge is 0.148 e. The normalized spacial score (nSPS) is 17.2. The van der Waals surface area contributed by atoms with Gasteiger partial charge in [-0.2, -0.15) is 5.26 Å². The molecule has 2 heteroatoms. The molecule has 0 fully saturated rings. The van der Waals surface area contributed by atoms with Gasteiger partial charge in [-0.25, -0.2) is 0 Å². The summed E-state index contributed by atoms with van der Waals surface area (Å²) in [5.74, 6) is 2.40. The molecule has 0 spiro atoms. The summed E-state index contributed by atoms with van der Waals surface area (Å²) in [4.78, 5) is 0. The maximum Gasteiger partial charge on any atom is 0.148 e. The van der Waals surface area contributed by atoms with Gasteiger partial charge in [0.25, 0.3) is 0 Å². The lowest BCUT2D eigenvalue weighted by Gasteiger charge is -2.17. The van der Waals surface area contributed by atoms with Crippen molar-refractivity contribution >= 4 is 0 Å². The monoisotopic (exact) mass is 295 g/mol. The molecule has 0 aliphatic rings. The zero-order valence-corrected chi connectivity index (χ0v) is 15.0. The Balaban J connectivity index is 3.57. The minimum Gasteiger partial charge on any atom is -0.376 e. The van der Waals surface area contributed by atoms with E-state index < -0.39 is 5.60 Å². The van der Waals surface area contributed by atoms with Gasteiger partial charge in [-0.05, 0) is 37.5 Å². The number of nitriles is 1. The van der Waals surface area contributed by atoms with Gasteiger partial charge < -0.3 is 5.11 Å². The number of hydrogen-bond acceptors (Lipinski definition) is 2. The highest BCUT2D eigenvalue weighted by Gasteiger charge is 2.18. The summed E-state index contributed by atoms with van der Waals surface area (Å²) in [5, 5.41) is 18.4. The average molecular weight is 296 g/mol. The standard InChI is InChI=1S/C19H37NO/c1-16(2)9-6-10-17(3)11-7-12-18(4)13-8-14-19(5,21)15-20/h16-18,21H,6-14H2,1-5H3/t17-,18-,19-/m0/s1. The fourth-order valence-electron chi connectivity index (χ4n) is 2.83. The van der Waals surface area contributed by atoms with Crippen molar-refractivity contribution in [3.63, 3.8) is 0 Å². The molecule has 0 amide bonds. The highest BCUT2D eigenvalue weighted by molar-refractivity contribution is 4.95. The predicted octanol–water partition coefficient (Wildman–Crippen LogP) is 5.70. The summed E-state index contributed by atoms with van der Waals surface area (Å²) in [6, 6.07) is 1.96. The molecule has 0 saturated heterocycles. The first-order valence-electron chi connectivity index (χ1n) is 8.90. The van der Waals surface area contributed by atoms with E-state index in [-0.39, 0.29) is 0 Å². The fourth-order valence-corrected chi connectivity index (χ4v) is 2.83. The first kappa shape index (κ1) is 20.5. The highest BCUT2D eigenvalue weighted by Crippen LogP contribution is 2.22. The first-order valence-corrected chi connectivity index (χ1v) is 8.90. The van der Waals surface area contributed by atoms with Crippen LogP contribution in [0.3, 0.4) is 0 Å². The van der Waals surface area contributed by atoms with Crippen molar-refractivity contribution in [3.8, 4) is 6.07 Å².